The zero-order chi connectivity index (χ0) is 16.8. The molecule has 1 unspecified atom stereocenters. The molecule has 1 atom stereocenters. The minimum absolute atomic E-state index is 0.0846. The molecule has 1 rings (SSSR count). The van der Waals surface area contributed by atoms with Crippen LogP contribution in [-0.4, -0.2) is 48.5 Å². The maximum Gasteiger partial charge on any atom is 0.422 e. The molecule has 5 nitrogen and oxygen atoms in total. The quantitative estimate of drug-likeness (QED) is 0.844. The molecule has 0 aliphatic carbocycles. The van der Waals surface area contributed by atoms with E-state index in [-0.39, 0.29) is 24.9 Å². The van der Waals surface area contributed by atoms with Gasteiger partial charge in [0.05, 0.1) is 6.10 Å². The van der Waals surface area contributed by atoms with Crippen LogP contribution >= 0.6 is 0 Å². The lowest BCUT2D eigenvalue weighted by molar-refractivity contribution is -0.153. The Bertz CT molecular complexity index is 492. The normalized spacial score (nSPS) is 12.6. The van der Waals surface area contributed by atoms with E-state index in [0.717, 1.165) is 0 Å². The number of benzene rings is 1. The average Bonchev–Trinajstić information content (AvgIpc) is 2.41. The molecular formula is C14H19F3N2O3. The Labute approximate surface area is 126 Å². The number of nitrogens with one attached hydrogen (secondary N) is 1. The Hall–Kier alpha value is -1.96. The lowest BCUT2D eigenvalue weighted by Crippen LogP contribution is -2.40. The van der Waals surface area contributed by atoms with Crippen LogP contribution in [0, 0.1) is 0 Å². The number of aliphatic hydroxyl groups excluding tert-OH is 1. The number of urea groups is 1. The van der Waals surface area contributed by atoms with Gasteiger partial charge in [-0.25, -0.2) is 4.79 Å². The average molecular weight is 320 g/mol. The molecule has 0 bridgehead atoms. The largest absolute Gasteiger partial charge is 0.484 e. The molecule has 22 heavy (non-hydrogen) atoms. The molecule has 0 saturated heterocycles. The summed E-state index contributed by atoms with van der Waals surface area (Å²) in [6.45, 7) is 0.526. The summed E-state index contributed by atoms with van der Waals surface area (Å²) in [5.74, 6) is 0.0846. The van der Waals surface area contributed by atoms with E-state index in [0.29, 0.717) is 5.56 Å². The SMILES string of the molecule is CC(O)CN(C)C(=O)NCc1cccc(OCC(F)(F)F)c1. The number of amides is 2. The number of nitrogens with zero attached hydrogens (tertiary/aromatic N) is 1. The van der Waals surface area contributed by atoms with E-state index in [1.165, 1.54) is 24.1 Å². The molecule has 2 amide bonds. The Balaban J connectivity index is 2.51. The van der Waals surface area contributed by atoms with E-state index in [2.05, 4.69) is 10.1 Å². The molecule has 0 spiro atoms. The van der Waals surface area contributed by atoms with Gasteiger partial charge < -0.3 is 20.1 Å². The van der Waals surface area contributed by atoms with Crippen LogP contribution in [0.4, 0.5) is 18.0 Å². The monoisotopic (exact) mass is 320 g/mol. The summed E-state index contributed by atoms with van der Waals surface area (Å²) < 4.78 is 40.9. The second-order valence-electron chi connectivity index (χ2n) is 4.94. The van der Waals surface area contributed by atoms with Gasteiger partial charge in [0.1, 0.15) is 5.75 Å². The van der Waals surface area contributed by atoms with Gasteiger partial charge in [-0.2, -0.15) is 13.2 Å². The van der Waals surface area contributed by atoms with Gasteiger partial charge in [0, 0.05) is 20.1 Å². The first-order valence-corrected chi connectivity index (χ1v) is 6.63. The molecule has 0 radical (unpaired) electrons. The fraction of sp³-hybridized carbons (Fsp3) is 0.500. The summed E-state index contributed by atoms with van der Waals surface area (Å²) >= 11 is 0. The van der Waals surface area contributed by atoms with Crippen molar-refractivity contribution in [1.82, 2.24) is 10.2 Å². The maximum atomic E-state index is 12.1. The van der Waals surface area contributed by atoms with Crippen molar-refractivity contribution in [3.05, 3.63) is 29.8 Å². The summed E-state index contributed by atoms with van der Waals surface area (Å²) in [7, 11) is 1.53. The smallest absolute Gasteiger partial charge is 0.422 e. The number of aliphatic hydroxyl groups is 1. The van der Waals surface area contributed by atoms with Crippen LogP contribution in [0.3, 0.4) is 0 Å². The van der Waals surface area contributed by atoms with Crippen LogP contribution in [0.15, 0.2) is 24.3 Å². The molecule has 2 N–H and O–H groups in total. The summed E-state index contributed by atoms with van der Waals surface area (Å²) in [5.41, 5.74) is 0.610. The number of rotatable bonds is 6. The highest BCUT2D eigenvalue weighted by atomic mass is 19.4. The van der Waals surface area contributed by atoms with E-state index in [9.17, 15) is 23.1 Å². The molecule has 0 saturated carbocycles. The minimum atomic E-state index is -4.39. The maximum absolute atomic E-state index is 12.1. The first-order chi connectivity index (χ1) is 10.2. The third-order valence-corrected chi connectivity index (χ3v) is 2.63. The molecule has 124 valence electrons. The van der Waals surface area contributed by atoms with Gasteiger partial charge in [0.25, 0.3) is 0 Å². The van der Waals surface area contributed by atoms with Gasteiger partial charge >= 0.3 is 12.2 Å². The van der Waals surface area contributed by atoms with Crippen LogP contribution in [0.1, 0.15) is 12.5 Å². The molecule has 0 aliphatic rings. The Morgan fingerprint density at radius 1 is 1.45 bits per heavy atom. The second kappa shape index (κ2) is 7.88. The second-order valence-corrected chi connectivity index (χ2v) is 4.94. The van der Waals surface area contributed by atoms with Gasteiger partial charge in [0.2, 0.25) is 0 Å². The van der Waals surface area contributed by atoms with Crippen molar-refractivity contribution in [1.29, 1.82) is 0 Å². The summed E-state index contributed by atoms with van der Waals surface area (Å²) in [4.78, 5) is 13.0. The minimum Gasteiger partial charge on any atom is -0.484 e. The fourth-order valence-electron chi connectivity index (χ4n) is 1.70. The Morgan fingerprint density at radius 2 is 2.14 bits per heavy atom. The number of likely N-dealkylation sites (N-methyl/N-ethyl adjacent to an activating group) is 1. The highest BCUT2D eigenvalue weighted by molar-refractivity contribution is 5.73. The van der Waals surface area contributed by atoms with Crippen molar-refractivity contribution < 1.29 is 27.8 Å². The Morgan fingerprint density at radius 3 is 2.73 bits per heavy atom. The van der Waals surface area contributed by atoms with E-state index >= 15 is 0 Å². The highest BCUT2D eigenvalue weighted by Crippen LogP contribution is 2.19. The van der Waals surface area contributed by atoms with Crippen molar-refractivity contribution in [2.45, 2.75) is 25.7 Å². The predicted octanol–water partition coefficient (Wildman–Crippen LogP) is 2.15. The number of carbonyl (C=O) groups is 1. The van der Waals surface area contributed by atoms with Crippen molar-refractivity contribution in [2.24, 2.45) is 0 Å². The molecule has 8 heteroatoms. The number of carbonyl (C=O) groups excluding carboxylic acids is 1. The first-order valence-electron chi connectivity index (χ1n) is 6.63. The van der Waals surface area contributed by atoms with E-state index in [4.69, 9.17) is 0 Å². The molecule has 0 aliphatic heterocycles. The molecular weight excluding hydrogens is 301 g/mol. The lowest BCUT2D eigenvalue weighted by Gasteiger charge is -2.19. The first kappa shape index (κ1) is 18.1. The predicted molar refractivity (Wildman–Crippen MR) is 74.5 cm³/mol. The third-order valence-electron chi connectivity index (χ3n) is 2.63. The van der Waals surface area contributed by atoms with Gasteiger partial charge in [-0.1, -0.05) is 12.1 Å². The van der Waals surface area contributed by atoms with E-state index < -0.39 is 18.9 Å². The third kappa shape index (κ3) is 7.16. The molecule has 1 aromatic carbocycles. The summed E-state index contributed by atoms with van der Waals surface area (Å²) in [6.07, 6.45) is -5.04. The van der Waals surface area contributed by atoms with Crippen molar-refractivity contribution in [3.63, 3.8) is 0 Å². The van der Waals surface area contributed by atoms with E-state index in [1.54, 1.807) is 19.1 Å². The van der Waals surface area contributed by atoms with Crippen LogP contribution in [0.25, 0.3) is 0 Å². The van der Waals surface area contributed by atoms with Crippen molar-refractivity contribution in [2.75, 3.05) is 20.2 Å². The number of alkyl halides is 3. The molecule has 0 aromatic heterocycles. The van der Waals surface area contributed by atoms with Gasteiger partial charge in [-0.15, -0.1) is 0 Å². The van der Waals surface area contributed by atoms with Gasteiger partial charge in [0.15, 0.2) is 6.61 Å². The van der Waals surface area contributed by atoms with Gasteiger partial charge in [-0.05, 0) is 24.6 Å². The summed E-state index contributed by atoms with van der Waals surface area (Å²) in [5, 5.41) is 11.8. The molecule has 1 aromatic rings. The van der Waals surface area contributed by atoms with Crippen molar-refractivity contribution in [3.8, 4) is 5.75 Å². The lowest BCUT2D eigenvalue weighted by atomic mass is 10.2. The van der Waals surface area contributed by atoms with Crippen LogP contribution in [0.2, 0.25) is 0 Å². The summed E-state index contributed by atoms with van der Waals surface area (Å²) in [6, 6.07) is 5.67. The topological polar surface area (TPSA) is 61.8 Å². The van der Waals surface area contributed by atoms with Gasteiger partial charge in [-0.3, -0.25) is 0 Å². The molecule has 0 fully saturated rings. The van der Waals surface area contributed by atoms with E-state index in [1.807, 2.05) is 0 Å². The fourth-order valence-corrected chi connectivity index (χ4v) is 1.70. The van der Waals surface area contributed by atoms with Crippen LogP contribution in [-0.2, 0) is 6.54 Å². The Kier molecular flexibility index (Phi) is 6.48. The zero-order valence-corrected chi connectivity index (χ0v) is 12.4. The number of hydrogen-bond acceptors (Lipinski definition) is 3. The molecule has 0 heterocycles. The number of hydrogen-bond donors (Lipinski definition) is 2. The van der Waals surface area contributed by atoms with Crippen LogP contribution < -0.4 is 10.1 Å². The number of ether oxygens (including phenoxy) is 1. The number of halogens is 3. The zero-order valence-electron chi connectivity index (χ0n) is 12.4. The standard InChI is InChI=1S/C14H19F3N2O3/c1-10(20)8-19(2)13(21)18-7-11-4-3-5-12(6-11)22-9-14(15,16)17/h3-6,10,20H,7-9H2,1-2H3,(H,18,21). The van der Waals surface area contributed by atoms with Crippen molar-refractivity contribution >= 4 is 6.03 Å². The highest BCUT2D eigenvalue weighted by Gasteiger charge is 2.28. The van der Waals surface area contributed by atoms with Crippen LogP contribution in [0.5, 0.6) is 5.75 Å².